The number of hydrogen-bond donors (Lipinski definition) is 2. The minimum absolute atomic E-state index is 0.318. The lowest BCUT2D eigenvalue weighted by atomic mass is 10.1. The molecular formula is C12H23NO2S. The Morgan fingerprint density at radius 1 is 1.38 bits per heavy atom. The Bertz CT molecular complexity index is 211. The molecule has 4 heteroatoms. The zero-order valence-corrected chi connectivity index (χ0v) is 10.9. The van der Waals surface area contributed by atoms with Crippen LogP contribution in [0.15, 0.2) is 0 Å². The van der Waals surface area contributed by atoms with Gasteiger partial charge in [-0.25, -0.2) is 0 Å². The van der Waals surface area contributed by atoms with Crippen molar-refractivity contribution >= 4 is 17.7 Å². The second kappa shape index (κ2) is 7.96. The zero-order valence-electron chi connectivity index (χ0n) is 10.1. The van der Waals surface area contributed by atoms with Crippen LogP contribution in [0.4, 0.5) is 0 Å². The summed E-state index contributed by atoms with van der Waals surface area (Å²) in [5.41, 5.74) is 0. The highest BCUT2D eigenvalue weighted by molar-refractivity contribution is 7.99. The molecule has 0 aromatic rings. The fraction of sp³-hybridized carbons (Fsp3) is 0.917. The van der Waals surface area contributed by atoms with Crippen molar-refractivity contribution in [2.45, 2.75) is 63.3 Å². The van der Waals surface area contributed by atoms with Crippen molar-refractivity contribution in [2.75, 3.05) is 5.75 Å². The van der Waals surface area contributed by atoms with Gasteiger partial charge in [-0.1, -0.05) is 39.0 Å². The molecule has 1 aliphatic rings. The predicted molar refractivity (Wildman–Crippen MR) is 68.8 cm³/mol. The van der Waals surface area contributed by atoms with Gasteiger partial charge in [-0.2, -0.15) is 0 Å². The quantitative estimate of drug-likeness (QED) is 0.677. The molecule has 0 bridgehead atoms. The Morgan fingerprint density at radius 3 is 2.81 bits per heavy atom. The van der Waals surface area contributed by atoms with Crippen molar-refractivity contribution in [3.63, 3.8) is 0 Å². The summed E-state index contributed by atoms with van der Waals surface area (Å²) in [7, 11) is 0. The zero-order chi connectivity index (χ0) is 11.8. The van der Waals surface area contributed by atoms with Crippen molar-refractivity contribution in [3.8, 4) is 0 Å². The van der Waals surface area contributed by atoms with Gasteiger partial charge in [0.2, 0.25) is 0 Å². The normalized spacial score (nSPS) is 25.6. The molecule has 1 saturated heterocycles. The number of unbranched alkanes of at least 4 members (excludes halogenated alkanes) is 4. The van der Waals surface area contributed by atoms with Gasteiger partial charge in [-0.15, -0.1) is 11.8 Å². The summed E-state index contributed by atoms with van der Waals surface area (Å²) in [6, 6.07) is -0.318. The van der Waals surface area contributed by atoms with E-state index in [2.05, 4.69) is 12.2 Å². The monoisotopic (exact) mass is 245 g/mol. The topological polar surface area (TPSA) is 49.3 Å². The van der Waals surface area contributed by atoms with Gasteiger partial charge in [-0.3, -0.25) is 10.1 Å². The molecule has 94 valence electrons. The summed E-state index contributed by atoms with van der Waals surface area (Å²) in [5, 5.41) is 12.5. The second-order valence-electron chi connectivity index (χ2n) is 4.41. The van der Waals surface area contributed by atoms with E-state index in [0.717, 1.165) is 18.6 Å². The maximum Gasteiger partial charge on any atom is 0.320 e. The van der Waals surface area contributed by atoms with Crippen molar-refractivity contribution < 1.29 is 9.90 Å². The molecule has 1 rings (SSSR count). The first-order valence-corrected chi connectivity index (χ1v) is 7.39. The molecule has 0 saturated carbocycles. The maximum absolute atomic E-state index is 10.8. The molecule has 3 nitrogen and oxygen atoms in total. The van der Waals surface area contributed by atoms with E-state index in [1.54, 1.807) is 0 Å². The van der Waals surface area contributed by atoms with Crippen LogP contribution in [-0.4, -0.2) is 28.2 Å². The van der Waals surface area contributed by atoms with E-state index in [9.17, 15) is 4.79 Å². The van der Waals surface area contributed by atoms with Crippen LogP contribution >= 0.6 is 11.8 Å². The molecule has 16 heavy (non-hydrogen) atoms. The summed E-state index contributed by atoms with van der Waals surface area (Å²) in [6.07, 6.45) is 8.28. The van der Waals surface area contributed by atoms with Gasteiger partial charge >= 0.3 is 5.97 Å². The summed E-state index contributed by atoms with van der Waals surface area (Å²) in [6.45, 7) is 2.22. The number of carboxylic acids is 1. The van der Waals surface area contributed by atoms with Gasteiger partial charge in [0.05, 0.1) is 5.37 Å². The Balaban J connectivity index is 2.10. The van der Waals surface area contributed by atoms with Crippen molar-refractivity contribution in [1.29, 1.82) is 0 Å². The van der Waals surface area contributed by atoms with Gasteiger partial charge in [0.1, 0.15) is 6.04 Å². The van der Waals surface area contributed by atoms with E-state index in [-0.39, 0.29) is 6.04 Å². The molecule has 0 radical (unpaired) electrons. The third-order valence-corrected chi connectivity index (χ3v) is 4.23. The molecule has 2 atom stereocenters. The van der Waals surface area contributed by atoms with Crippen molar-refractivity contribution in [1.82, 2.24) is 5.32 Å². The number of hydrogen-bond acceptors (Lipinski definition) is 3. The highest BCUT2D eigenvalue weighted by Gasteiger charge is 2.25. The first-order valence-electron chi connectivity index (χ1n) is 6.34. The van der Waals surface area contributed by atoms with Crippen LogP contribution in [-0.2, 0) is 4.79 Å². The lowest BCUT2D eigenvalue weighted by Gasteiger charge is -2.28. The van der Waals surface area contributed by atoms with Gasteiger partial charge < -0.3 is 5.11 Å². The smallest absolute Gasteiger partial charge is 0.320 e. The fourth-order valence-electron chi connectivity index (χ4n) is 1.98. The maximum atomic E-state index is 10.8. The lowest BCUT2D eigenvalue weighted by Crippen LogP contribution is -2.45. The predicted octanol–water partition coefficient (Wildman–Crippen LogP) is 2.85. The fourth-order valence-corrected chi connectivity index (χ4v) is 3.23. The Kier molecular flexibility index (Phi) is 6.88. The SMILES string of the molecule is CCCCCCCC1NC(C(=O)O)CCS1. The number of rotatable bonds is 7. The van der Waals surface area contributed by atoms with Crippen molar-refractivity contribution in [2.24, 2.45) is 0 Å². The van der Waals surface area contributed by atoms with Crippen LogP contribution in [0.1, 0.15) is 51.9 Å². The second-order valence-corrected chi connectivity index (χ2v) is 5.72. The van der Waals surface area contributed by atoms with E-state index in [0.29, 0.717) is 5.37 Å². The van der Waals surface area contributed by atoms with Crippen LogP contribution in [0.25, 0.3) is 0 Å². The van der Waals surface area contributed by atoms with Gasteiger partial charge in [0, 0.05) is 0 Å². The summed E-state index contributed by atoms with van der Waals surface area (Å²) >= 11 is 1.87. The summed E-state index contributed by atoms with van der Waals surface area (Å²) < 4.78 is 0. The molecule has 1 aliphatic heterocycles. The highest BCUT2D eigenvalue weighted by atomic mass is 32.2. The van der Waals surface area contributed by atoms with Crippen LogP contribution in [0.3, 0.4) is 0 Å². The van der Waals surface area contributed by atoms with E-state index >= 15 is 0 Å². The Hall–Kier alpha value is -0.220. The molecule has 2 N–H and O–H groups in total. The number of aliphatic carboxylic acids is 1. The van der Waals surface area contributed by atoms with E-state index in [1.165, 1.54) is 32.1 Å². The highest BCUT2D eigenvalue weighted by Crippen LogP contribution is 2.23. The molecular weight excluding hydrogens is 222 g/mol. The van der Waals surface area contributed by atoms with Crippen LogP contribution < -0.4 is 5.32 Å². The average Bonchev–Trinajstić information content (AvgIpc) is 2.29. The van der Waals surface area contributed by atoms with E-state index < -0.39 is 5.97 Å². The molecule has 1 fully saturated rings. The van der Waals surface area contributed by atoms with Crippen LogP contribution in [0, 0.1) is 0 Å². The van der Waals surface area contributed by atoms with Gasteiger partial charge in [-0.05, 0) is 18.6 Å². The summed E-state index contributed by atoms with van der Waals surface area (Å²) in [4.78, 5) is 10.8. The third-order valence-electron chi connectivity index (χ3n) is 2.98. The Labute approximate surface area is 102 Å². The van der Waals surface area contributed by atoms with Crippen LogP contribution in [0.2, 0.25) is 0 Å². The first-order chi connectivity index (χ1) is 7.74. The molecule has 0 amide bonds. The largest absolute Gasteiger partial charge is 0.480 e. The van der Waals surface area contributed by atoms with Gasteiger partial charge in [0.25, 0.3) is 0 Å². The molecule has 0 aromatic carbocycles. The third kappa shape index (κ3) is 5.21. The summed E-state index contributed by atoms with van der Waals surface area (Å²) in [5.74, 6) is 0.278. The van der Waals surface area contributed by atoms with Crippen LogP contribution in [0.5, 0.6) is 0 Å². The number of nitrogens with one attached hydrogen (secondary N) is 1. The molecule has 0 aliphatic carbocycles. The van der Waals surface area contributed by atoms with Crippen molar-refractivity contribution in [3.05, 3.63) is 0 Å². The molecule has 2 unspecified atom stereocenters. The number of carboxylic acid groups (broad SMARTS) is 1. The number of thioether (sulfide) groups is 1. The number of carbonyl (C=O) groups is 1. The van der Waals surface area contributed by atoms with E-state index in [1.807, 2.05) is 11.8 Å². The minimum atomic E-state index is -0.698. The Morgan fingerprint density at radius 2 is 2.12 bits per heavy atom. The first kappa shape index (κ1) is 13.8. The standard InChI is InChI=1S/C12H23NO2S/c1-2-3-4-5-6-7-11-13-10(12(14)15)8-9-16-11/h10-11,13H,2-9H2,1H3,(H,14,15). The molecule has 0 spiro atoms. The minimum Gasteiger partial charge on any atom is -0.480 e. The lowest BCUT2D eigenvalue weighted by molar-refractivity contribution is -0.139. The average molecular weight is 245 g/mol. The molecule has 0 aromatic heterocycles. The van der Waals surface area contributed by atoms with Gasteiger partial charge in [0.15, 0.2) is 0 Å². The molecule has 1 heterocycles. The van der Waals surface area contributed by atoms with E-state index in [4.69, 9.17) is 5.11 Å².